The van der Waals surface area contributed by atoms with Gasteiger partial charge in [0, 0.05) is 17.2 Å². The molecule has 6 nitrogen and oxygen atoms in total. The number of nitrogens with one attached hydrogen (secondary N) is 1. The molecule has 0 unspecified atom stereocenters. The second-order valence-electron chi connectivity index (χ2n) is 10.3. The van der Waals surface area contributed by atoms with Crippen molar-refractivity contribution >= 4 is 34.1 Å². The van der Waals surface area contributed by atoms with Crippen molar-refractivity contribution in [1.82, 2.24) is 0 Å². The van der Waals surface area contributed by atoms with Crippen LogP contribution in [0.1, 0.15) is 60.5 Å². The van der Waals surface area contributed by atoms with Crippen LogP contribution in [0, 0.1) is 11.3 Å². The van der Waals surface area contributed by atoms with Crippen LogP contribution in [-0.4, -0.2) is 32.9 Å². The van der Waals surface area contributed by atoms with E-state index in [-0.39, 0.29) is 11.3 Å². The van der Waals surface area contributed by atoms with E-state index in [1.807, 2.05) is 37.4 Å². The van der Waals surface area contributed by atoms with E-state index in [0.717, 1.165) is 41.1 Å². The molecule has 1 aliphatic carbocycles. The predicted octanol–water partition coefficient (Wildman–Crippen LogP) is 7.32. The molecule has 2 aromatic carbocycles. The molecule has 0 aliphatic heterocycles. The molecule has 0 radical (unpaired) electrons. The van der Waals surface area contributed by atoms with E-state index in [0.29, 0.717) is 35.3 Å². The van der Waals surface area contributed by atoms with Gasteiger partial charge in [-0.25, -0.2) is 4.99 Å². The quantitative estimate of drug-likeness (QED) is 0.316. The fourth-order valence-electron chi connectivity index (χ4n) is 4.67. The monoisotopic (exact) mass is 520 g/mol. The molecule has 0 saturated carbocycles. The standard InChI is InChI=1S/C30H36N2O4S/c1-7-36-21-11-8-19(9-12-21)18-31-29-27(23-14-10-20(30(2,3)4)16-26(23)37-29)28(33)32-24-15-13-22(34-5)17-25(24)35-6/h8-9,11-13,15,17-18,20H,7,10,14,16H2,1-6H3,(H,32,33)/t20-/m0/s1. The number of aliphatic imine (C=N–C) groups is 1. The lowest BCUT2D eigenvalue weighted by atomic mass is 9.72. The summed E-state index contributed by atoms with van der Waals surface area (Å²) < 4.78 is 16.3. The predicted molar refractivity (Wildman–Crippen MR) is 152 cm³/mol. The maximum absolute atomic E-state index is 13.7. The number of anilines is 1. The minimum absolute atomic E-state index is 0.172. The van der Waals surface area contributed by atoms with Crippen molar-refractivity contribution < 1.29 is 19.0 Å². The van der Waals surface area contributed by atoms with Gasteiger partial charge in [-0.15, -0.1) is 11.3 Å². The summed E-state index contributed by atoms with van der Waals surface area (Å²) in [5, 5.41) is 3.80. The molecule has 1 aromatic heterocycles. The number of rotatable bonds is 8. The SMILES string of the molecule is CCOc1ccc(C=Nc2sc3c(c2C(=O)Nc2ccc(OC)cc2OC)CC[C@H](C(C)(C)C)C3)cc1. The molecule has 0 bridgehead atoms. The van der Waals surface area contributed by atoms with Gasteiger partial charge in [-0.3, -0.25) is 4.79 Å². The van der Waals surface area contributed by atoms with Crippen molar-refractivity contribution in [2.45, 2.75) is 47.0 Å². The van der Waals surface area contributed by atoms with Gasteiger partial charge in [-0.05, 0) is 85.0 Å². The number of benzene rings is 2. The van der Waals surface area contributed by atoms with Crippen LogP contribution in [0.15, 0.2) is 47.5 Å². The molecular weight excluding hydrogens is 484 g/mol. The Balaban J connectivity index is 1.68. The van der Waals surface area contributed by atoms with Crippen molar-refractivity contribution in [1.29, 1.82) is 0 Å². The first-order chi connectivity index (χ1) is 17.7. The summed E-state index contributed by atoms with van der Waals surface area (Å²) in [5.41, 5.74) is 3.54. The minimum atomic E-state index is -0.172. The molecular formula is C30H36N2O4S. The van der Waals surface area contributed by atoms with E-state index in [4.69, 9.17) is 19.2 Å². The highest BCUT2D eigenvalue weighted by atomic mass is 32.1. The van der Waals surface area contributed by atoms with Crippen LogP contribution in [0.4, 0.5) is 10.7 Å². The zero-order valence-corrected chi connectivity index (χ0v) is 23.3. The summed E-state index contributed by atoms with van der Waals surface area (Å²) in [5.74, 6) is 2.43. The van der Waals surface area contributed by atoms with Crippen molar-refractivity contribution in [3.05, 3.63) is 64.0 Å². The van der Waals surface area contributed by atoms with Gasteiger partial charge in [0.15, 0.2) is 0 Å². The average molecular weight is 521 g/mol. The van der Waals surface area contributed by atoms with Crippen LogP contribution in [0.25, 0.3) is 0 Å². The first kappa shape index (κ1) is 26.7. The zero-order valence-electron chi connectivity index (χ0n) is 22.5. The van der Waals surface area contributed by atoms with E-state index in [2.05, 4.69) is 26.1 Å². The molecule has 1 N–H and O–H groups in total. The van der Waals surface area contributed by atoms with Crippen LogP contribution < -0.4 is 19.5 Å². The summed E-state index contributed by atoms with van der Waals surface area (Å²) in [6.07, 6.45) is 4.71. The summed E-state index contributed by atoms with van der Waals surface area (Å²) in [6, 6.07) is 13.2. The maximum atomic E-state index is 13.7. The maximum Gasteiger partial charge on any atom is 0.259 e. The molecule has 1 amide bonds. The lowest BCUT2D eigenvalue weighted by molar-refractivity contribution is 0.102. The van der Waals surface area contributed by atoms with Crippen molar-refractivity contribution in [3.63, 3.8) is 0 Å². The number of fused-ring (bicyclic) bond motifs is 1. The number of ether oxygens (including phenoxy) is 3. The first-order valence-electron chi connectivity index (χ1n) is 12.7. The van der Waals surface area contributed by atoms with Crippen LogP contribution in [0.2, 0.25) is 0 Å². The Kier molecular flexibility index (Phi) is 8.22. The molecule has 1 heterocycles. The highest BCUT2D eigenvalue weighted by molar-refractivity contribution is 7.16. The highest BCUT2D eigenvalue weighted by Crippen LogP contribution is 2.45. The number of thiophene rings is 1. The summed E-state index contributed by atoms with van der Waals surface area (Å²) in [7, 11) is 3.18. The summed E-state index contributed by atoms with van der Waals surface area (Å²) >= 11 is 1.63. The van der Waals surface area contributed by atoms with E-state index in [1.54, 1.807) is 43.8 Å². The van der Waals surface area contributed by atoms with Gasteiger partial charge in [0.2, 0.25) is 0 Å². The number of hydrogen-bond donors (Lipinski definition) is 1. The van der Waals surface area contributed by atoms with Crippen molar-refractivity contribution in [2.24, 2.45) is 16.3 Å². The lowest BCUT2D eigenvalue weighted by Gasteiger charge is -2.33. The number of carbonyl (C=O) groups is 1. The smallest absolute Gasteiger partial charge is 0.259 e. The topological polar surface area (TPSA) is 69.2 Å². The molecule has 196 valence electrons. The van der Waals surface area contributed by atoms with E-state index in [1.165, 1.54) is 4.88 Å². The largest absolute Gasteiger partial charge is 0.497 e. The Hall–Kier alpha value is -3.32. The van der Waals surface area contributed by atoms with Crippen LogP contribution in [0.5, 0.6) is 17.2 Å². The Bertz CT molecular complexity index is 1270. The molecule has 1 atom stereocenters. The number of amides is 1. The van der Waals surface area contributed by atoms with Gasteiger partial charge in [-0.1, -0.05) is 20.8 Å². The number of methoxy groups -OCH3 is 2. The molecule has 0 saturated heterocycles. The van der Waals surface area contributed by atoms with Crippen LogP contribution in [-0.2, 0) is 12.8 Å². The fourth-order valence-corrected chi connectivity index (χ4v) is 5.94. The van der Waals surface area contributed by atoms with Gasteiger partial charge in [0.1, 0.15) is 22.2 Å². The highest BCUT2D eigenvalue weighted by Gasteiger charge is 2.33. The van der Waals surface area contributed by atoms with Gasteiger partial charge >= 0.3 is 0 Å². The molecule has 1 aliphatic rings. The number of carbonyl (C=O) groups excluding carboxylic acids is 1. The Morgan fingerprint density at radius 2 is 1.84 bits per heavy atom. The minimum Gasteiger partial charge on any atom is -0.497 e. The van der Waals surface area contributed by atoms with Crippen molar-refractivity contribution in [2.75, 3.05) is 26.1 Å². The van der Waals surface area contributed by atoms with Gasteiger partial charge in [-0.2, -0.15) is 0 Å². The second-order valence-corrected chi connectivity index (χ2v) is 11.4. The first-order valence-corrected chi connectivity index (χ1v) is 13.5. The molecule has 4 rings (SSSR count). The molecule has 3 aromatic rings. The number of hydrogen-bond acceptors (Lipinski definition) is 6. The van der Waals surface area contributed by atoms with E-state index >= 15 is 0 Å². The fraction of sp³-hybridized carbons (Fsp3) is 0.400. The number of nitrogens with zero attached hydrogens (tertiary/aromatic N) is 1. The second kappa shape index (κ2) is 11.4. The van der Waals surface area contributed by atoms with Crippen molar-refractivity contribution in [3.8, 4) is 17.2 Å². The summed E-state index contributed by atoms with van der Waals surface area (Å²) in [6.45, 7) is 9.48. The average Bonchev–Trinajstić information content (AvgIpc) is 3.26. The Morgan fingerprint density at radius 1 is 1.11 bits per heavy atom. The third kappa shape index (κ3) is 6.16. The lowest BCUT2D eigenvalue weighted by Crippen LogP contribution is -2.27. The molecule has 7 heteroatoms. The third-order valence-electron chi connectivity index (χ3n) is 6.88. The molecule has 0 fully saturated rings. The normalized spacial score (nSPS) is 15.4. The van der Waals surface area contributed by atoms with E-state index < -0.39 is 0 Å². The Morgan fingerprint density at radius 3 is 2.49 bits per heavy atom. The Labute approximate surface area is 223 Å². The summed E-state index contributed by atoms with van der Waals surface area (Å²) in [4.78, 5) is 19.8. The zero-order chi connectivity index (χ0) is 26.6. The van der Waals surface area contributed by atoms with E-state index in [9.17, 15) is 4.79 Å². The third-order valence-corrected chi connectivity index (χ3v) is 8.04. The van der Waals surface area contributed by atoms with Gasteiger partial charge in [0.25, 0.3) is 5.91 Å². The van der Waals surface area contributed by atoms with Gasteiger partial charge < -0.3 is 19.5 Å². The molecule has 37 heavy (non-hydrogen) atoms. The van der Waals surface area contributed by atoms with Crippen LogP contribution >= 0.6 is 11.3 Å². The van der Waals surface area contributed by atoms with Gasteiger partial charge in [0.05, 0.1) is 32.1 Å². The van der Waals surface area contributed by atoms with Crippen LogP contribution in [0.3, 0.4) is 0 Å². The molecule has 0 spiro atoms.